The van der Waals surface area contributed by atoms with Gasteiger partial charge in [0, 0.05) is 51.6 Å². The van der Waals surface area contributed by atoms with Crippen LogP contribution in [0.3, 0.4) is 0 Å². The molecule has 3 aromatic rings. The van der Waals surface area contributed by atoms with Gasteiger partial charge < -0.3 is 9.64 Å². The molecule has 2 aromatic carbocycles. The van der Waals surface area contributed by atoms with Crippen LogP contribution >= 0.6 is 0 Å². The summed E-state index contributed by atoms with van der Waals surface area (Å²) in [6, 6.07) is 13.0. The monoisotopic (exact) mass is 523 g/mol. The fraction of sp³-hybridized carbons (Fsp3) is 0.423. The van der Waals surface area contributed by atoms with E-state index in [1.165, 1.54) is 16.7 Å². The Morgan fingerprint density at radius 1 is 1.08 bits per heavy atom. The predicted molar refractivity (Wildman–Crippen MR) is 136 cm³/mol. The summed E-state index contributed by atoms with van der Waals surface area (Å²) in [4.78, 5) is 28.7. The van der Waals surface area contributed by atoms with E-state index in [0.29, 0.717) is 36.1 Å². The molecule has 10 nitrogen and oxygen atoms in total. The van der Waals surface area contributed by atoms with Crippen molar-refractivity contribution in [3.8, 4) is 0 Å². The molecule has 6 rings (SSSR count). The molecule has 3 heterocycles. The highest BCUT2D eigenvalue weighted by Crippen LogP contribution is 2.50. The van der Waals surface area contributed by atoms with E-state index >= 15 is 0 Å². The van der Waals surface area contributed by atoms with Crippen LogP contribution in [0.1, 0.15) is 29.6 Å². The first-order chi connectivity index (χ1) is 17.9. The number of nitrogens with zero attached hydrogens (tertiary/aromatic N) is 4. The van der Waals surface area contributed by atoms with Gasteiger partial charge in [-0.2, -0.15) is 4.31 Å². The second-order valence-electron chi connectivity index (χ2n) is 9.87. The maximum Gasteiger partial charge on any atom is 0.278 e. The van der Waals surface area contributed by atoms with Crippen LogP contribution in [0.4, 0.5) is 5.95 Å². The lowest BCUT2D eigenvalue weighted by atomic mass is 10.1. The van der Waals surface area contributed by atoms with Gasteiger partial charge in [0.15, 0.2) is 6.29 Å². The van der Waals surface area contributed by atoms with Crippen LogP contribution in [0.5, 0.6) is 0 Å². The van der Waals surface area contributed by atoms with Gasteiger partial charge in [-0.15, -0.1) is 0 Å². The fourth-order valence-electron chi connectivity index (χ4n) is 5.44. The molecule has 2 unspecified atom stereocenters. The lowest BCUT2D eigenvalue weighted by Crippen LogP contribution is -2.37. The number of piperidine rings is 1. The van der Waals surface area contributed by atoms with Gasteiger partial charge in [0.25, 0.3) is 5.91 Å². The summed E-state index contributed by atoms with van der Waals surface area (Å²) in [6.45, 7) is 1.96. The molecular weight excluding hydrogens is 494 g/mol. The Hall–Kier alpha value is -3.12. The number of fused-ring (bicyclic) bond motifs is 2. The molecule has 11 heteroatoms. The van der Waals surface area contributed by atoms with Crippen molar-refractivity contribution in [3.05, 3.63) is 60.4 Å². The summed E-state index contributed by atoms with van der Waals surface area (Å²) < 4.78 is 33.6. The highest BCUT2D eigenvalue weighted by Gasteiger charge is 2.60. The number of sulfonamides is 1. The number of hydroxylamine groups is 1. The number of rotatable bonds is 7. The number of hydrogen-bond donors (Lipinski definition) is 1. The van der Waals surface area contributed by atoms with Crippen molar-refractivity contribution in [2.24, 2.45) is 11.8 Å². The van der Waals surface area contributed by atoms with Crippen molar-refractivity contribution in [2.75, 3.05) is 31.6 Å². The number of benzene rings is 2. The Morgan fingerprint density at radius 2 is 1.81 bits per heavy atom. The number of nitrogens with one attached hydrogen (secondary N) is 1. The normalized spacial score (nSPS) is 25.3. The molecule has 0 radical (unpaired) electrons. The van der Waals surface area contributed by atoms with E-state index < -0.39 is 22.2 Å². The largest absolute Gasteiger partial charge is 0.350 e. The van der Waals surface area contributed by atoms with Crippen molar-refractivity contribution in [2.45, 2.75) is 36.5 Å². The van der Waals surface area contributed by atoms with Gasteiger partial charge in [-0.3, -0.25) is 4.79 Å². The lowest BCUT2D eigenvalue weighted by Gasteiger charge is -2.24. The highest BCUT2D eigenvalue weighted by atomic mass is 32.2. The maximum atomic E-state index is 13.3. The molecule has 1 aliphatic carbocycles. The third-order valence-electron chi connectivity index (χ3n) is 7.57. The molecule has 37 heavy (non-hydrogen) atoms. The predicted octanol–water partition coefficient (Wildman–Crippen LogP) is 2.57. The lowest BCUT2D eigenvalue weighted by molar-refractivity contribution is -0.186. The average Bonchev–Trinajstić information content (AvgIpc) is 3.43. The van der Waals surface area contributed by atoms with Crippen LogP contribution in [0, 0.1) is 11.8 Å². The van der Waals surface area contributed by atoms with Crippen molar-refractivity contribution >= 4 is 32.7 Å². The van der Waals surface area contributed by atoms with Crippen LogP contribution < -0.4 is 10.4 Å². The zero-order valence-corrected chi connectivity index (χ0v) is 21.3. The van der Waals surface area contributed by atoms with Gasteiger partial charge in [-0.05, 0) is 47.6 Å². The molecule has 3 aliphatic rings. The molecule has 0 spiro atoms. The molecule has 4 atom stereocenters. The van der Waals surface area contributed by atoms with Gasteiger partial charge in [-0.25, -0.2) is 28.7 Å². The first-order valence-corrected chi connectivity index (χ1v) is 14.0. The molecule has 0 bridgehead atoms. The number of amides is 1. The molecule has 1 amide bonds. The molecular formula is C26H29N5O5S. The maximum absolute atomic E-state index is 13.3. The minimum absolute atomic E-state index is 0.0445. The highest BCUT2D eigenvalue weighted by molar-refractivity contribution is 7.89. The SMILES string of the molecule is CN(C1[C@H]2CN(c3ncc(C(=O)NOC4CCCCO4)cn3)C[C@@H]12)S(=O)(=O)c1ccc2ccccc2c1. The molecule has 1 aromatic heterocycles. The number of ether oxygens (including phenoxy) is 1. The smallest absolute Gasteiger partial charge is 0.278 e. The number of hydrogen-bond acceptors (Lipinski definition) is 8. The van der Waals surface area contributed by atoms with E-state index in [1.54, 1.807) is 19.2 Å². The summed E-state index contributed by atoms with van der Waals surface area (Å²) >= 11 is 0. The van der Waals surface area contributed by atoms with Crippen LogP contribution in [-0.4, -0.2) is 67.7 Å². The first kappa shape index (κ1) is 24.2. The number of carbonyl (C=O) groups excluding carboxylic acids is 1. The topological polar surface area (TPSA) is 114 Å². The van der Waals surface area contributed by atoms with Gasteiger partial charge in [0.05, 0.1) is 10.5 Å². The Bertz CT molecular complexity index is 1400. The summed E-state index contributed by atoms with van der Waals surface area (Å²) in [6.07, 6.45) is 5.26. The van der Waals surface area contributed by atoms with Crippen LogP contribution in [0.15, 0.2) is 59.8 Å². The summed E-state index contributed by atoms with van der Waals surface area (Å²) in [7, 11) is -1.93. The average molecular weight is 524 g/mol. The Balaban J connectivity index is 1.05. The molecule has 2 saturated heterocycles. The van der Waals surface area contributed by atoms with Crippen LogP contribution in [0.25, 0.3) is 10.8 Å². The quantitative estimate of drug-likeness (QED) is 0.470. The van der Waals surface area contributed by atoms with E-state index in [-0.39, 0.29) is 17.9 Å². The number of anilines is 1. The standard InChI is InChI=1S/C26H29N5O5S/c1-30(37(33,34)20-10-9-17-6-2-3-7-18(17)12-20)24-21-15-31(16-22(21)24)26-27-13-19(14-28-26)25(32)29-36-23-8-4-5-11-35-23/h2-3,6-7,9-10,12-14,21-24H,4-5,8,11,15-16H2,1H3,(H,29,32)/t21-,22+,23?,24?. The van der Waals surface area contributed by atoms with E-state index in [2.05, 4.69) is 15.4 Å². The fourth-order valence-corrected chi connectivity index (χ4v) is 6.92. The van der Waals surface area contributed by atoms with Gasteiger partial charge in [0.1, 0.15) is 0 Å². The Morgan fingerprint density at radius 3 is 2.51 bits per heavy atom. The van der Waals surface area contributed by atoms with E-state index in [9.17, 15) is 13.2 Å². The van der Waals surface area contributed by atoms with Crippen molar-refractivity contribution in [1.82, 2.24) is 19.8 Å². The van der Waals surface area contributed by atoms with Crippen LogP contribution in [0.2, 0.25) is 0 Å². The molecule has 3 fully saturated rings. The molecule has 2 aliphatic heterocycles. The van der Waals surface area contributed by atoms with E-state index in [0.717, 1.165) is 30.0 Å². The zero-order valence-electron chi connectivity index (χ0n) is 20.5. The number of aromatic nitrogens is 2. The summed E-state index contributed by atoms with van der Waals surface area (Å²) in [5.74, 6) is 0.538. The second-order valence-corrected chi connectivity index (χ2v) is 11.9. The van der Waals surface area contributed by atoms with Gasteiger partial charge >= 0.3 is 0 Å². The Labute approximate surface area is 215 Å². The van der Waals surface area contributed by atoms with Gasteiger partial charge in [0.2, 0.25) is 16.0 Å². The Kier molecular flexibility index (Phi) is 6.31. The van der Waals surface area contributed by atoms with E-state index in [1.807, 2.05) is 35.2 Å². The van der Waals surface area contributed by atoms with Crippen molar-refractivity contribution < 1.29 is 22.8 Å². The third-order valence-corrected chi connectivity index (χ3v) is 9.42. The summed E-state index contributed by atoms with van der Waals surface area (Å²) in [5.41, 5.74) is 2.70. The minimum Gasteiger partial charge on any atom is -0.350 e. The van der Waals surface area contributed by atoms with Crippen molar-refractivity contribution in [1.29, 1.82) is 0 Å². The second kappa shape index (κ2) is 9.64. The number of carbonyl (C=O) groups is 1. The van der Waals surface area contributed by atoms with Gasteiger partial charge in [-0.1, -0.05) is 30.3 Å². The minimum atomic E-state index is -3.60. The molecule has 194 valence electrons. The first-order valence-electron chi connectivity index (χ1n) is 12.5. The zero-order chi connectivity index (χ0) is 25.6. The van der Waals surface area contributed by atoms with E-state index in [4.69, 9.17) is 9.57 Å². The molecule has 1 saturated carbocycles. The summed E-state index contributed by atoms with van der Waals surface area (Å²) in [5, 5.41) is 1.92. The van der Waals surface area contributed by atoms with Crippen LogP contribution in [-0.2, 0) is 19.6 Å². The third kappa shape index (κ3) is 4.68. The van der Waals surface area contributed by atoms with Crippen molar-refractivity contribution in [3.63, 3.8) is 0 Å². The molecule has 1 N–H and O–H groups in total.